The molecule has 0 saturated heterocycles. The van der Waals surface area contributed by atoms with Crippen LogP contribution in [0.5, 0.6) is 5.75 Å². The Morgan fingerprint density at radius 1 is 1.47 bits per heavy atom. The molecule has 0 unspecified atom stereocenters. The fraction of sp³-hybridized carbons (Fsp3) is 0.273. The summed E-state index contributed by atoms with van der Waals surface area (Å²) in [5.41, 5.74) is 2.43. The van der Waals surface area contributed by atoms with Crippen molar-refractivity contribution in [2.45, 2.75) is 6.42 Å². The van der Waals surface area contributed by atoms with Crippen LogP contribution < -0.4 is 9.46 Å². The van der Waals surface area contributed by atoms with Gasteiger partial charge in [0.05, 0.1) is 7.11 Å². The average Bonchev–Trinajstić information content (AvgIpc) is 2.68. The third-order valence-electron chi connectivity index (χ3n) is 2.48. The molecule has 2 N–H and O–H groups in total. The van der Waals surface area contributed by atoms with Gasteiger partial charge in [-0.3, -0.25) is 4.72 Å². The van der Waals surface area contributed by atoms with Gasteiger partial charge in [-0.25, -0.2) is 0 Å². The molecule has 3 nitrogen and oxygen atoms in total. The predicted molar refractivity (Wildman–Crippen MR) is 65.5 cm³/mol. The van der Waals surface area contributed by atoms with Crippen molar-refractivity contribution in [3.63, 3.8) is 0 Å². The number of aromatic nitrogens is 1. The van der Waals surface area contributed by atoms with Crippen LogP contribution >= 0.6 is 12.8 Å². The first-order valence-electron chi connectivity index (χ1n) is 4.86. The lowest BCUT2D eigenvalue weighted by molar-refractivity contribution is 0.415. The zero-order chi connectivity index (χ0) is 10.7. The SMILES string of the molecule is COc1ccc2[nH]cc(CCNS)c2c1. The Kier molecular flexibility index (Phi) is 3.18. The number of hydrogen-bond acceptors (Lipinski definition) is 3. The van der Waals surface area contributed by atoms with Gasteiger partial charge < -0.3 is 9.72 Å². The summed E-state index contributed by atoms with van der Waals surface area (Å²) >= 11 is 3.98. The molecule has 0 saturated carbocycles. The quantitative estimate of drug-likeness (QED) is 0.693. The molecule has 1 heterocycles. The van der Waals surface area contributed by atoms with E-state index in [-0.39, 0.29) is 0 Å². The number of benzene rings is 1. The van der Waals surface area contributed by atoms with Crippen molar-refractivity contribution in [2.24, 2.45) is 0 Å². The third kappa shape index (κ3) is 2.11. The maximum absolute atomic E-state index is 5.21. The van der Waals surface area contributed by atoms with Gasteiger partial charge in [0.25, 0.3) is 0 Å². The van der Waals surface area contributed by atoms with Crippen LogP contribution in [0, 0.1) is 0 Å². The number of hydrogen-bond donors (Lipinski definition) is 3. The minimum absolute atomic E-state index is 0.854. The highest BCUT2D eigenvalue weighted by Crippen LogP contribution is 2.23. The smallest absolute Gasteiger partial charge is 0.119 e. The molecule has 0 radical (unpaired) electrons. The molecule has 0 aliphatic heterocycles. The average molecular weight is 222 g/mol. The van der Waals surface area contributed by atoms with E-state index in [4.69, 9.17) is 4.74 Å². The van der Waals surface area contributed by atoms with Crippen molar-refractivity contribution in [3.05, 3.63) is 30.0 Å². The lowest BCUT2D eigenvalue weighted by atomic mass is 10.1. The first kappa shape index (κ1) is 10.4. The van der Waals surface area contributed by atoms with E-state index in [9.17, 15) is 0 Å². The summed E-state index contributed by atoms with van der Waals surface area (Å²) in [6.45, 7) is 0.854. The summed E-state index contributed by atoms with van der Waals surface area (Å²) in [5.74, 6) is 0.891. The van der Waals surface area contributed by atoms with E-state index in [1.165, 1.54) is 10.9 Å². The van der Waals surface area contributed by atoms with Crippen molar-refractivity contribution >= 4 is 23.7 Å². The van der Waals surface area contributed by atoms with E-state index in [0.29, 0.717) is 0 Å². The second kappa shape index (κ2) is 4.59. The lowest BCUT2D eigenvalue weighted by Gasteiger charge is -2.01. The first-order chi connectivity index (χ1) is 7.35. The van der Waals surface area contributed by atoms with E-state index >= 15 is 0 Å². The molecule has 2 aromatic rings. The summed E-state index contributed by atoms with van der Waals surface area (Å²) in [6, 6.07) is 6.05. The molecule has 1 aromatic carbocycles. The highest BCUT2D eigenvalue weighted by Gasteiger charge is 2.04. The summed E-state index contributed by atoms with van der Waals surface area (Å²) < 4.78 is 8.06. The molecule has 4 heteroatoms. The van der Waals surface area contributed by atoms with Crippen molar-refractivity contribution < 1.29 is 4.74 Å². The molecule has 0 atom stereocenters. The fourth-order valence-electron chi connectivity index (χ4n) is 1.68. The highest BCUT2D eigenvalue weighted by molar-refractivity contribution is 7.78. The minimum Gasteiger partial charge on any atom is -0.497 e. The number of rotatable bonds is 4. The maximum atomic E-state index is 5.21. The molecule has 0 aliphatic carbocycles. The molecular formula is C11H14N2OS. The molecule has 80 valence electrons. The maximum Gasteiger partial charge on any atom is 0.119 e. The number of aromatic amines is 1. The number of fused-ring (bicyclic) bond motifs is 1. The van der Waals surface area contributed by atoms with Crippen molar-refractivity contribution in [3.8, 4) is 5.75 Å². The Balaban J connectivity index is 2.38. The van der Waals surface area contributed by atoms with Crippen LogP contribution in [0.3, 0.4) is 0 Å². The number of methoxy groups -OCH3 is 1. The van der Waals surface area contributed by atoms with E-state index in [2.05, 4.69) is 28.6 Å². The Morgan fingerprint density at radius 3 is 3.07 bits per heavy atom. The molecule has 0 bridgehead atoms. The summed E-state index contributed by atoms with van der Waals surface area (Å²) in [4.78, 5) is 3.24. The van der Waals surface area contributed by atoms with E-state index in [0.717, 1.165) is 24.2 Å². The van der Waals surface area contributed by atoms with Crippen LogP contribution in [0.1, 0.15) is 5.56 Å². The second-order valence-electron chi connectivity index (χ2n) is 3.38. The van der Waals surface area contributed by atoms with Gasteiger partial charge in [0.15, 0.2) is 0 Å². The number of thiol groups is 1. The van der Waals surface area contributed by atoms with Crippen molar-refractivity contribution in [1.82, 2.24) is 9.71 Å². The van der Waals surface area contributed by atoms with Gasteiger partial charge in [0, 0.05) is 23.6 Å². The van der Waals surface area contributed by atoms with Gasteiger partial charge in [-0.15, -0.1) is 0 Å². The van der Waals surface area contributed by atoms with Gasteiger partial charge >= 0.3 is 0 Å². The molecule has 0 aliphatic rings. The van der Waals surface area contributed by atoms with Gasteiger partial charge in [-0.05, 0) is 30.2 Å². The monoisotopic (exact) mass is 222 g/mol. The van der Waals surface area contributed by atoms with Crippen LogP contribution in [0.4, 0.5) is 0 Å². The van der Waals surface area contributed by atoms with Crippen LogP contribution in [0.15, 0.2) is 24.4 Å². The van der Waals surface area contributed by atoms with Crippen molar-refractivity contribution in [1.29, 1.82) is 0 Å². The Hall–Kier alpha value is -1.13. The Bertz CT molecular complexity index is 453. The zero-order valence-corrected chi connectivity index (χ0v) is 9.47. The highest BCUT2D eigenvalue weighted by atomic mass is 32.1. The van der Waals surface area contributed by atoms with Gasteiger partial charge in [0.2, 0.25) is 0 Å². The van der Waals surface area contributed by atoms with E-state index in [1.54, 1.807) is 7.11 Å². The third-order valence-corrected chi connectivity index (χ3v) is 2.70. The number of ether oxygens (including phenoxy) is 1. The largest absolute Gasteiger partial charge is 0.497 e. The normalized spacial score (nSPS) is 10.8. The lowest BCUT2D eigenvalue weighted by Crippen LogP contribution is -2.03. The zero-order valence-electron chi connectivity index (χ0n) is 8.58. The van der Waals surface area contributed by atoms with Crippen LogP contribution in [-0.4, -0.2) is 18.6 Å². The molecule has 2 rings (SSSR count). The molecule has 15 heavy (non-hydrogen) atoms. The summed E-state index contributed by atoms with van der Waals surface area (Å²) in [6.07, 6.45) is 2.99. The molecule has 0 amide bonds. The minimum atomic E-state index is 0.854. The standard InChI is InChI=1S/C11H14N2OS/c1-14-9-2-3-11-10(6-9)8(7-12-11)4-5-13-15/h2-3,6-7,12-13,15H,4-5H2,1H3. The molecule has 0 fully saturated rings. The molecule has 1 aromatic heterocycles. The van der Waals surface area contributed by atoms with Crippen molar-refractivity contribution in [2.75, 3.05) is 13.7 Å². The van der Waals surface area contributed by atoms with Crippen LogP contribution in [-0.2, 0) is 6.42 Å². The van der Waals surface area contributed by atoms with Gasteiger partial charge in [0.1, 0.15) is 5.75 Å². The van der Waals surface area contributed by atoms with Crippen LogP contribution in [0.2, 0.25) is 0 Å². The number of H-pyrrole nitrogens is 1. The topological polar surface area (TPSA) is 37.0 Å². The number of nitrogens with one attached hydrogen (secondary N) is 2. The summed E-state index contributed by atoms with van der Waals surface area (Å²) in [5, 5.41) is 1.22. The first-order valence-corrected chi connectivity index (χ1v) is 5.31. The fourth-order valence-corrected chi connectivity index (χ4v) is 1.79. The van der Waals surface area contributed by atoms with Gasteiger partial charge in [-0.2, -0.15) is 0 Å². The summed E-state index contributed by atoms with van der Waals surface area (Å²) in [7, 11) is 1.68. The van der Waals surface area contributed by atoms with Crippen LogP contribution in [0.25, 0.3) is 10.9 Å². The Labute approximate surface area is 94.4 Å². The van der Waals surface area contributed by atoms with E-state index < -0.39 is 0 Å². The van der Waals surface area contributed by atoms with E-state index in [1.807, 2.05) is 18.3 Å². The molecular weight excluding hydrogens is 208 g/mol. The van der Waals surface area contributed by atoms with Gasteiger partial charge in [-0.1, -0.05) is 12.8 Å². The second-order valence-corrected chi connectivity index (χ2v) is 3.70. The molecule has 0 spiro atoms. The predicted octanol–water partition coefficient (Wildman–Crippen LogP) is 2.15. The Morgan fingerprint density at radius 2 is 2.33 bits per heavy atom.